The van der Waals surface area contributed by atoms with E-state index in [0.29, 0.717) is 17.0 Å². The van der Waals surface area contributed by atoms with Crippen LogP contribution in [0.3, 0.4) is 0 Å². The van der Waals surface area contributed by atoms with Crippen LogP contribution in [0.15, 0.2) is 63.8 Å². The molecular weight excluding hydrogens is 352 g/mol. The molecule has 0 saturated heterocycles. The summed E-state index contributed by atoms with van der Waals surface area (Å²) in [5, 5.41) is 7.55. The number of amides is 1. The van der Waals surface area contributed by atoms with Crippen molar-refractivity contribution in [3.8, 4) is 0 Å². The molecule has 1 aliphatic rings. The zero-order valence-corrected chi connectivity index (χ0v) is 15.9. The van der Waals surface area contributed by atoms with E-state index >= 15 is 0 Å². The van der Waals surface area contributed by atoms with Crippen LogP contribution < -0.4 is 10.7 Å². The molecule has 142 valence electrons. The molecule has 4 rings (SSSR count). The van der Waals surface area contributed by atoms with E-state index in [-0.39, 0.29) is 5.91 Å². The number of hydrogen-bond acceptors (Lipinski definition) is 4. The summed E-state index contributed by atoms with van der Waals surface area (Å²) in [5.74, 6) is 0.336. The fraction of sp³-hybridized carbons (Fsp3) is 0.182. The van der Waals surface area contributed by atoms with Crippen LogP contribution in [0.4, 0.5) is 5.69 Å². The normalized spacial score (nSPS) is 15.0. The van der Waals surface area contributed by atoms with Crippen molar-refractivity contribution < 1.29 is 9.21 Å². The molecule has 6 nitrogen and oxygen atoms in total. The van der Waals surface area contributed by atoms with Crippen molar-refractivity contribution in [3.05, 3.63) is 82.6 Å². The van der Waals surface area contributed by atoms with Gasteiger partial charge in [0.25, 0.3) is 5.91 Å². The number of rotatable bonds is 6. The molecule has 1 amide bonds. The number of aryl methyl sites for hydroxylation is 1. The molecule has 1 aromatic carbocycles. The Morgan fingerprint density at radius 3 is 2.71 bits per heavy atom. The van der Waals surface area contributed by atoms with Crippen LogP contribution >= 0.6 is 0 Å². The number of anilines is 1. The van der Waals surface area contributed by atoms with Gasteiger partial charge in [-0.05, 0) is 61.7 Å². The van der Waals surface area contributed by atoms with Gasteiger partial charge >= 0.3 is 0 Å². The molecule has 0 bridgehead atoms. The standard InChI is InChI=1S/C22H22N4O2/c1-14-17(10-11-23-16-7-4-3-5-8-16)15(2)24-19(14)13-18-21(25-26-22(18)27)20-9-6-12-28-20/h3-9,12-13,23-24H,10-11H2,1-2H3,(H,26,27)/b18-13+. The molecule has 0 fully saturated rings. The van der Waals surface area contributed by atoms with Gasteiger partial charge in [0.2, 0.25) is 0 Å². The predicted molar refractivity (Wildman–Crippen MR) is 110 cm³/mol. The van der Waals surface area contributed by atoms with E-state index in [9.17, 15) is 4.79 Å². The Balaban J connectivity index is 1.54. The van der Waals surface area contributed by atoms with Crippen molar-refractivity contribution in [2.24, 2.45) is 5.10 Å². The molecule has 0 saturated carbocycles. The lowest BCUT2D eigenvalue weighted by Crippen LogP contribution is -2.13. The molecule has 3 N–H and O–H groups in total. The van der Waals surface area contributed by atoms with Gasteiger partial charge in [0.15, 0.2) is 5.76 Å². The molecule has 0 radical (unpaired) electrons. The second-order valence-corrected chi connectivity index (χ2v) is 6.75. The maximum atomic E-state index is 12.3. The van der Waals surface area contributed by atoms with Gasteiger partial charge in [-0.2, -0.15) is 5.10 Å². The molecule has 0 unspecified atom stereocenters. The highest BCUT2D eigenvalue weighted by Gasteiger charge is 2.26. The zero-order valence-electron chi connectivity index (χ0n) is 15.9. The summed E-state index contributed by atoms with van der Waals surface area (Å²) < 4.78 is 5.41. The maximum Gasteiger partial charge on any atom is 0.273 e. The predicted octanol–water partition coefficient (Wildman–Crippen LogP) is 3.80. The third kappa shape index (κ3) is 3.49. The highest BCUT2D eigenvalue weighted by Crippen LogP contribution is 2.24. The third-order valence-electron chi connectivity index (χ3n) is 4.92. The maximum absolute atomic E-state index is 12.3. The number of furan rings is 1. The topological polar surface area (TPSA) is 82.4 Å². The second kappa shape index (κ2) is 7.60. The lowest BCUT2D eigenvalue weighted by atomic mass is 10.0. The minimum Gasteiger partial charge on any atom is -0.463 e. The van der Waals surface area contributed by atoms with Crippen LogP contribution in [0.5, 0.6) is 0 Å². The average Bonchev–Trinajstić information content (AvgIpc) is 3.40. The van der Waals surface area contributed by atoms with Crippen LogP contribution in [0.1, 0.15) is 28.3 Å². The third-order valence-corrected chi connectivity index (χ3v) is 4.92. The van der Waals surface area contributed by atoms with E-state index in [2.05, 4.69) is 46.8 Å². The first-order valence-corrected chi connectivity index (χ1v) is 9.24. The molecule has 0 aliphatic carbocycles. The number of hydrogen-bond donors (Lipinski definition) is 3. The summed E-state index contributed by atoms with van der Waals surface area (Å²) in [6.45, 7) is 4.96. The van der Waals surface area contributed by atoms with Crippen LogP contribution in [-0.4, -0.2) is 23.1 Å². The summed E-state index contributed by atoms with van der Waals surface area (Å²) >= 11 is 0. The number of carbonyl (C=O) groups is 1. The number of hydrazone groups is 1. The molecule has 0 spiro atoms. The Morgan fingerprint density at radius 1 is 1.14 bits per heavy atom. The van der Waals surface area contributed by atoms with Gasteiger partial charge < -0.3 is 14.7 Å². The van der Waals surface area contributed by atoms with Gasteiger partial charge in [-0.25, -0.2) is 5.43 Å². The molecule has 6 heteroatoms. The Hall–Kier alpha value is -3.54. The minimum atomic E-state index is -0.231. The fourth-order valence-corrected chi connectivity index (χ4v) is 3.44. The van der Waals surface area contributed by atoms with Crippen molar-refractivity contribution in [1.29, 1.82) is 0 Å². The molecule has 1 aliphatic heterocycles. The van der Waals surface area contributed by atoms with Crippen molar-refractivity contribution in [1.82, 2.24) is 10.4 Å². The van der Waals surface area contributed by atoms with Crippen LogP contribution in [0.25, 0.3) is 6.08 Å². The van der Waals surface area contributed by atoms with Gasteiger partial charge in [0.05, 0.1) is 11.8 Å². The summed E-state index contributed by atoms with van der Waals surface area (Å²) in [6.07, 6.45) is 4.30. The van der Waals surface area contributed by atoms with E-state index in [1.54, 1.807) is 18.4 Å². The Bertz CT molecular complexity index is 1040. The van der Waals surface area contributed by atoms with Crippen LogP contribution in [0, 0.1) is 13.8 Å². The van der Waals surface area contributed by atoms with Gasteiger partial charge in [0.1, 0.15) is 5.71 Å². The SMILES string of the molecule is Cc1[nH]c(/C=C2/C(=O)NN=C2c2ccco2)c(C)c1CCNc1ccccc1. The summed E-state index contributed by atoms with van der Waals surface area (Å²) in [4.78, 5) is 15.7. The molecule has 28 heavy (non-hydrogen) atoms. The summed E-state index contributed by atoms with van der Waals surface area (Å²) in [7, 11) is 0. The summed E-state index contributed by atoms with van der Waals surface area (Å²) in [6, 6.07) is 13.7. The number of para-hydroxylation sites is 1. The highest BCUT2D eigenvalue weighted by atomic mass is 16.3. The zero-order chi connectivity index (χ0) is 19.5. The van der Waals surface area contributed by atoms with Gasteiger partial charge in [-0.15, -0.1) is 0 Å². The molecule has 0 atom stereocenters. The Labute approximate surface area is 163 Å². The molecule has 2 aromatic heterocycles. The van der Waals surface area contributed by atoms with E-state index in [0.717, 1.165) is 35.6 Å². The van der Waals surface area contributed by atoms with Crippen molar-refractivity contribution >= 4 is 23.4 Å². The first-order chi connectivity index (χ1) is 13.6. The quantitative estimate of drug-likeness (QED) is 0.574. The highest BCUT2D eigenvalue weighted by molar-refractivity contribution is 6.32. The minimum absolute atomic E-state index is 0.231. The number of benzene rings is 1. The number of aromatic amines is 1. The Kier molecular flexibility index (Phi) is 4.85. The molecule has 3 aromatic rings. The van der Waals surface area contributed by atoms with Crippen LogP contribution in [0.2, 0.25) is 0 Å². The van der Waals surface area contributed by atoms with Crippen molar-refractivity contribution in [3.63, 3.8) is 0 Å². The molecule has 3 heterocycles. The summed E-state index contributed by atoms with van der Waals surface area (Å²) in [5.41, 5.74) is 9.06. The number of H-pyrrole nitrogens is 1. The first-order valence-electron chi connectivity index (χ1n) is 9.24. The first kappa shape index (κ1) is 17.9. The monoisotopic (exact) mass is 374 g/mol. The van der Waals surface area contributed by atoms with Gasteiger partial charge in [-0.3, -0.25) is 4.79 Å². The van der Waals surface area contributed by atoms with Crippen LogP contribution in [-0.2, 0) is 11.2 Å². The Morgan fingerprint density at radius 2 is 1.96 bits per heavy atom. The number of carbonyl (C=O) groups excluding carboxylic acids is 1. The smallest absolute Gasteiger partial charge is 0.273 e. The van der Waals surface area contributed by atoms with E-state index < -0.39 is 0 Å². The lowest BCUT2D eigenvalue weighted by Gasteiger charge is -2.07. The average molecular weight is 374 g/mol. The fourth-order valence-electron chi connectivity index (χ4n) is 3.44. The lowest BCUT2D eigenvalue weighted by molar-refractivity contribution is -0.116. The molecular formula is C22H22N4O2. The second-order valence-electron chi connectivity index (χ2n) is 6.75. The van der Waals surface area contributed by atoms with E-state index in [1.807, 2.05) is 24.3 Å². The number of aromatic nitrogens is 1. The van der Waals surface area contributed by atoms with Crippen molar-refractivity contribution in [2.45, 2.75) is 20.3 Å². The van der Waals surface area contributed by atoms with E-state index in [1.165, 1.54) is 5.56 Å². The largest absolute Gasteiger partial charge is 0.463 e. The number of nitrogens with zero attached hydrogens (tertiary/aromatic N) is 1. The van der Waals surface area contributed by atoms with Crippen molar-refractivity contribution in [2.75, 3.05) is 11.9 Å². The van der Waals surface area contributed by atoms with Gasteiger partial charge in [0, 0.05) is 23.6 Å². The van der Waals surface area contributed by atoms with Gasteiger partial charge in [-0.1, -0.05) is 18.2 Å². The number of nitrogens with one attached hydrogen (secondary N) is 3. The van der Waals surface area contributed by atoms with E-state index in [4.69, 9.17) is 4.42 Å².